The monoisotopic (exact) mass is 449 g/mol. The van der Waals surface area contributed by atoms with E-state index in [4.69, 9.17) is 27.6 Å². The lowest BCUT2D eigenvalue weighted by Gasteiger charge is -2.34. The summed E-state index contributed by atoms with van der Waals surface area (Å²) >= 11 is 13.3. The van der Waals surface area contributed by atoms with Crippen LogP contribution in [0.1, 0.15) is 29.8 Å². The van der Waals surface area contributed by atoms with Crippen molar-refractivity contribution in [2.75, 3.05) is 11.9 Å². The Morgan fingerprint density at radius 2 is 2.07 bits per heavy atom. The highest BCUT2D eigenvalue weighted by Crippen LogP contribution is 2.28. The van der Waals surface area contributed by atoms with Gasteiger partial charge in [-0.2, -0.15) is 0 Å². The van der Waals surface area contributed by atoms with E-state index < -0.39 is 6.04 Å². The van der Waals surface area contributed by atoms with Gasteiger partial charge in [0.2, 0.25) is 5.91 Å². The van der Waals surface area contributed by atoms with Crippen LogP contribution in [0.4, 0.5) is 5.69 Å². The summed E-state index contributed by atoms with van der Waals surface area (Å²) in [5.74, 6) is 0.104. The van der Waals surface area contributed by atoms with E-state index in [-0.39, 0.29) is 11.8 Å². The SMILES string of the molecule is O=C(Nc1ccc(Cl)c(Cl)c1)C1CCCCN1C(=O)c1csc(-c2ccco2)n1. The number of anilines is 1. The van der Waals surface area contributed by atoms with E-state index in [9.17, 15) is 9.59 Å². The second-order valence-corrected chi connectivity index (χ2v) is 8.32. The predicted molar refractivity (Wildman–Crippen MR) is 114 cm³/mol. The lowest BCUT2D eigenvalue weighted by molar-refractivity contribution is -0.121. The third kappa shape index (κ3) is 4.32. The number of thiazole rings is 1. The fourth-order valence-corrected chi connectivity index (χ4v) is 4.34. The molecule has 9 heteroatoms. The molecule has 3 aromatic rings. The van der Waals surface area contributed by atoms with Crippen molar-refractivity contribution in [1.82, 2.24) is 9.88 Å². The molecule has 0 saturated carbocycles. The summed E-state index contributed by atoms with van der Waals surface area (Å²) in [6.45, 7) is 0.506. The molecule has 1 saturated heterocycles. The van der Waals surface area contributed by atoms with Gasteiger partial charge in [0.25, 0.3) is 5.91 Å². The molecule has 0 bridgehead atoms. The fraction of sp³-hybridized carbons (Fsp3) is 0.250. The van der Waals surface area contributed by atoms with Gasteiger partial charge in [0.1, 0.15) is 11.7 Å². The van der Waals surface area contributed by atoms with Gasteiger partial charge in [0, 0.05) is 17.6 Å². The highest BCUT2D eigenvalue weighted by atomic mass is 35.5. The number of nitrogens with zero attached hydrogens (tertiary/aromatic N) is 2. The van der Waals surface area contributed by atoms with Crippen LogP contribution in [0.25, 0.3) is 10.8 Å². The predicted octanol–water partition coefficient (Wildman–Crippen LogP) is 5.34. The van der Waals surface area contributed by atoms with Gasteiger partial charge in [-0.3, -0.25) is 9.59 Å². The largest absolute Gasteiger partial charge is 0.462 e. The zero-order valence-corrected chi connectivity index (χ0v) is 17.6. The molecule has 0 radical (unpaired) electrons. The minimum Gasteiger partial charge on any atom is -0.462 e. The maximum absolute atomic E-state index is 13.1. The molecule has 0 aliphatic carbocycles. The number of aromatic nitrogens is 1. The van der Waals surface area contributed by atoms with E-state index in [1.54, 1.807) is 46.9 Å². The molecule has 0 spiro atoms. The first-order valence-electron chi connectivity index (χ1n) is 9.09. The third-order valence-corrected chi connectivity index (χ3v) is 6.30. The van der Waals surface area contributed by atoms with Gasteiger partial charge in [-0.05, 0) is 49.6 Å². The van der Waals surface area contributed by atoms with Crippen molar-refractivity contribution in [3.8, 4) is 10.8 Å². The van der Waals surface area contributed by atoms with E-state index >= 15 is 0 Å². The number of carbonyl (C=O) groups excluding carboxylic acids is 2. The van der Waals surface area contributed by atoms with Crippen LogP contribution in [-0.2, 0) is 4.79 Å². The lowest BCUT2D eigenvalue weighted by atomic mass is 10.0. The average Bonchev–Trinajstić information content (AvgIpc) is 3.42. The number of furan rings is 1. The molecule has 1 aliphatic rings. The molecular formula is C20H17Cl2N3O3S. The van der Waals surface area contributed by atoms with E-state index in [1.807, 2.05) is 0 Å². The summed E-state index contributed by atoms with van der Waals surface area (Å²) in [6.07, 6.45) is 3.87. The van der Waals surface area contributed by atoms with Crippen LogP contribution in [0, 0.1) is 0 Å². The second kappa shape index (κ2) is 8.57. The Bertz CT molecular complexity index is 1040. The van der Waals surface area contributed by atoms with Crippen molar-refractivity contribution in [1.29, 1.82) is 0 Å². The van der Waals surface area contributed by atoms with Crippen molar-refractivity contribution in [2.24, 2.45) is 0 Å². The molecular weight excluding hydrogens is 433 g/mol. The topological polar surface area (TPSA) is 75.4 Å². The third-order valence-electron chi connectivity index (χ3n) is 4.71. The molecule has 1 N–H and O–H groups in total. The number of piperidine rings is 1. The molecule has 1 fully saturated rings. The van der Waals surface area contributed by atoms with Crippen molar-refractivity contribution in [3.05, 3.63) is 57.7 Å². The molecule has 2 amide bonds. The molecule has 1 aliphatic heterocycles. The lowest BCUT2D eigenvalue weighted by Crippen LogP contribution is -2.50. The summed E-state index contributed by atoms with van der Waals surface area (Å²) in [6, 6.07) is 7.88. The molecule has 1 atom stereocenters. The van der Waals surface area contributed by atoms with Crippen LogP contribution in [0.5, 0.6) is 0 Å². The number of benzene rings is 1. The first-order valence-corrected chi connectivity index (χ1v) is 10.7. The fourth-order valence-electron chi connectivity index (χ4n) is 3.28. The van der Waals surface area contributed by atoms with Crippen LogP contribution in [0.3, 0.4) is 0 Å². The number of halogens is 2. The Kier molecular flexibility index (Phi) is 5.89. The minimum absolute atomic E-state index is 0.252. The Morgan fingerprint density at radius 3 is 2.83 bits per heavy atom. The first kappa shape index (κ1) is 19.9. The van der Waals surface area contributed by atoms with Crippen LogP contribution < -0.4 is 5.32 Å². The second-order valence-electron chi connectivity index (χ2n) is 6.64. The zero-order valence-electron chi connectivity index (χ0n) is 15.2. The Labute approximate surface area is 181 Å². The van der Waals surface area contributed by atoms with Crippen LogP contribution in [-0.4, -0.2) is 34.3 Å². The normalized spacial score (nSPS) is 16.6. The van der Waals surface area contributed by atoms with Crippen LogP contribution in [0.2, 0.25) is 10.0 Å². The summed E-state index contributed by atoms with van der Waals surface area (Å²) in [5, 5.41) is 5.93. The van der Waals surface area contributed by atoms with Crippen molar-refractivity contribution in [3.63, 3.8) is 0 Å². The molecule has 1 unspecified atom stereocenters. The molecule has 3 heterocycles. The Balaban J connectivity index is 1.51. The van der Waals surface area contributed by atoms with Gasteiger partial charge in [0.15, 0.2) is 10.8 Å². The van der Waals surface area contributed by atoms with Gasteiger partial charge < -0.3 is 14.6 Å². The van der Waals surface area contributed by atoms with Crippen LogP contribution in [0.15, 0.2) is 46.4 Å². The minimum atomic E-state index is -0.570. The molecule has 6 nitrogen and oxygen atoms in total. The van der Waals surface area contributed by atoms with Crippen molar-refractivity contribution in [2.45, 2.75) is 25.3 Å². The van der Waals surface area contributed by atoms with Crippen molar-refractivity contribution >= 4 is 52.0 Å². The van der Waals surface area contributed by atoms with E-state index in [0.29, 0.717) is 45.2 Å². The summed E-state index contributed by atoms with van der Waals surface area (Å²) in [5.41, 5.74) is 0.853. The van der Waals surface area contributed by atoms with Gasteiger partial charge in [0.05, 0.1) is 16.3 Å². The highest BCUT2D eigenvalue weighted by molar-refractivity contribution is 7.13. The molecule has 2 aromatic heterocycles. The van der Waals surface area contributed by atoms with E-state index in [1.165, 1.54) is 11.3 Å². The number of amides is 2. The number of nitrogens with one attached hydrogen (secondary N) is 1. The standard InChI is InChI=1S/C20H17Cl2N3O3S/c21-13-7-6-12(10-14(13)22)23-18(26)16-4-1-2-8-25(16)20(27)15-11-29-19(24-15)17-5-3-9-28-17/h3,5-7,9-11,16H,1-2,4,8H2,(H,23,26). The first-order chi connectivity index (χ1) is 14.0. The van der Waals surface area contributed by atoms with Gasteiger partial charge >= 0.3 is 0 Å². The van der Waals surface area contributed by atoms with Gasteiger partial charge in [-0.15, -0.1) is 11.3 Å². The number of likely N-dealkylation sites (tertiary alicyclic amines) is 1. The van der Waals surface area contributed by atoms with E-state index in [0.717, 1.165) is 12.8 Å². The molecule has 1 aromatic carbocycles. The average molecular weight is 450 g/mol. The Morgan fingerprint density at radius 1 is 1.21 bits per heavy atom. The Hall–Kier alpha value is -2.35. The van der Waals surface area contributed by atoms with E-state index in [2.05, 4.69) is 10.3 Å². The van der Waals surface area contributed by atoms with Crippen LogP contribution >= 0.6 is 34.5 Å². The number of rotatable bonds is 4. The molecule has 4 rings (SSSR count). The van der Waals surface area contributed by atoms with Gasteiger partial charge in [-0.1, -0.05) is 23.2 Å². The number of hydrogen-bond donors (Lipinski definition) is 1. The summed E-state index contributed by atoms with van der Waals surface area (Å²) < 4.78 is 5.34. The number of hydrogen-bond acceptors (Lipinski definition) is 5. The van der Waals surface area contributed by atoms with Gasteiger partial charge in [-0.25, -0.2) is 4.98 Å². The van der Waals surface area contributed by atoms with Crippen molar-refractivity contribution < 1.29 is 14.0 Å². The smallest absolute Gasteiger partial charge is 0.274 e. The highest BCUT2D eigenvalue weighted by Gasteiger charge is 2.33. The summed E-state index contributed by atoms with van der Waals surface area (Å²) in [4.78, 5) is 31.9. The molecule has 150 valence electrons. The molecule has 29 heavy (non-hydrogen) atoms. The maximum Gasteiger partial charge on any atom is 0.274 e. The summed E-state index contributed by atoms with van der Waals surface area (Å²) in [7, 11) is 0. The maximum atomic E-state index is 13.1. The quantitative estimate of drug-likeness (QED) is 0.582. The zero-order chi connectivity index (χ0) is 20.4. The number of carbonyl (C=O) groups is 2.